The van der Waals surface area contributed by atoms with Crippen LogP contribution in [0, 0.1) is 0 Å². The molecule has 0 aromatic carbocycles. The van der Waals surface area contributed by atoms with Gasteiger partial charge in [-0.3, -0.25) is 66.5 Å². The molecule has 4 unspecified atom stereocenters. The summed E-state index contributed by atoms with van der Waals surface area (Å²) >= 11 is 21.6. The van der Waals surface area contributed by atoms with Crippen LogP contribution in [0.4, 0.5) is 46.8 Å². The molecular formula is C40H44N20O27P4S4W-8. The van der Waals surface area contributed by atoms with Crippen LogP contribution in [-0.2, 0) is 138 Å². The number of phosphoric ester groups is 4. The van der Waals surface area contributed by atoms with Gasteiger partial charge in [0.2, 0.25) is 23.8 Å². The summed E-state index contributed by atoms with van der Waals surface area (Å²) in [7, 11) is -22.7. The molecule has 2 saturated heterocycles. The average molecular weight is 1670 g/mol. The van der Waals surface area contributed by atoms with E-state index in [1.807, 2.05) is 0 Å². The summed E-state index contributed by atoms with van der Waals surface area (Å²) in [5.74, 6) is -0.888. The van der Waals surface area contributed by atoms with E-state index >= 15 is 0 Å². The second-order valence-corrected chi connectivity index (χ2v) is 27.9. The number of nitrogen functional groups attached to an aromatic ring is 4. The summed E-state index contributed by atoms with van der Waals surface area (Å²) in [5.41, 5.74) is 19.2. The third kappa shape index (κ3) is 15.4. The number of fused-ring (bicyclic) bond motifs is 6. The van der Waals surface area contributed by atoms with Crippen LogP contribution in [0.25, 0.3) is 22.3 Å². The molecule has 6 aromatic rings. The molecule has 0 saturated carbocycles. The molecule has 18 atom stereocenters. The molecule has 56 heteroatoms. The summed E-state index contributed by atoms with van der Waals surface area (Å²) < 4.78 is 109. The van der Waals surface area contributed by atoms with Crippen LogP contribution in [0.3, 0.4) is 0 Å². The van der Waals surface area contributed by atoms with Gasteiger partial charge in [0.25, 0.3) is 53.5 Å². The zero-order valence-electron chi connectivity index (χ0n) is 47.0. The van der Waals surface area contributed by atoms with Gasteiger partial charge >= 0.3 is 23.2 Å². The van der Waals surface area contributed by atoms with E-state index < -0.39 is 166 Å². The van der Waals surface area contributed by atoms with Crippen molar-refractivity contribution in [2.75, 3.05) is 70.6 Å². The van der Waals surface area contributed by atoms with Gasteiger partial charge < -0.3 is 172 Å². The van der Waals surface area contributed by atoms with Crippen molar-refractivity contribution >= 4 is 151 Å². The number of phosphoric acid groups is 4. The van der Waals surface area contributed by atoms with E-state index in [1.165, 1.54) is 0 Å². The van der Waals surface area contributed by atoms with Crippen molar-refractivity contribution in [2.45, 2.75) is 85.8 Å². The van der Waals surface area contributed by atoms with Crippen molar-refractivity contribution in [3.05, 3.63) is 73.7 Å². The van der Waals surface area contributed by atoms with E-state index in [0.717, 1.165) is 21.8 Å². The van der Waals surface area contributed by atoms with Gasteiger partial charge in [-0.15, -0.1) is 0 Å². The Bertz CT molecular complexity index is 4260. The molecule has 12 heterocycles. The maximum absolute atomic E-state index is 12.4. The fourth-order valence-electron chi connectivity index (χ4n) is 9.76. The summed E-state index contributed by atoms with van der Waals surface area (Å²) in [5, 5.41) is 53.2. The molecule has 2 fully saturated rings. The van der Waals surface area contributed by atoms with Gasteiger partial charge in [-0.05, 0) is 0 Å². The van der Waals surface area contributed by atoms with Crippen LogP contribution in [-0.4, -0.2) is 179 Å². The van der Waals surface area contributed by atoms with Crippen LogP contribution < -0.4 is 86.0 Å². The Balaban J connectivity index is 0.000000204. The van der Waals surface area contributed by atoms with Crippen LogP contribution in [0.15, 0.2) is 51.5 Å². The molecule has 0 amide bonds. The zero-order chi connectivity index (χ0) is 70.0. The number of rotatable bonds is 18. The first-order valence-corrected chi connectivity index (χ1v) is 35.0. The van der Waals surface area contributed by atoms with Crippen molar-refractivity contribution in [3.8, 4) is 0 Å². The number of anilines is 8. The van der Waals surface area contributed by atoms with E-state index in [9.17, 15) is 77.4 Å². The molecule has 96 heavy (non-hydrogen) atoms. The summed E-state index contributed by atoms with van der Waals surface area (Å²) in [6.07, 6.45) is -15.4. The summed E-state index contributed by atoms with van der Waals surface area (Å²) in [6.45, 7) is -3.79. The quantitative estimate of drug-likeness (QED) is 0.0281. The number of hydrogen-bond acceptors (Lipinski definition) is 45. The maximum atomic E-state index is 12.4. The second-order valence-electron chi connectivity index (χ2n) is 20.2. The number of hydrogen-bond donors (Lipinski definition) is 16. The van der Waals surface area contributed by atoms with Crippen LogP contribution >= 0.6 is 31.3 Å². The number of imidazole rings is 2. The standard InChI is InChI=1S/2C20H26N10O13P2S2.O.W/c2*21-19-26-13-7(15(33)28-19)24-6-12(47)11(46)5(41-17(6)25-13)2-40-45(37,38)43-44(35,36)39-1-4-9(31)10(32)18(42-4)30-3-23-8-14(30)27-20(22)29-16(8)34;;/h2*3-6,9-10,17-18,24,31-32,46-47H,1-2H2,(H,35,36)(H,37,38)(H3,22,27,29,34)(H4,21,25,26,28,33);;/p-8/t2*4-,5-,6+,9-,10-,17-,18-;;/m11../s1. The van der Waals surface area contributed by atoms with Crippen molar-refractivity contribution in [3.63, 3.8) is 0 Å². The van der Waals surface area contributed by atoms with Gasteiger partial charge in [-0.25, -0.2) is 18.6 Å². The van der Waals surface area contributed by atoms with Gasteiger partial charge in [0, 0.05) is 0 Å². The van der Waals surface area contributed by atoms with Crippen molar-refractivity contribution in [1.82, 2.24) is 59.0 Å². The Morgan fingerprint density at radius 2 is 0.812 bits per heavy atom. The minimum atomic E-state index is -5.70. The van der Waals surface area contributed by atoms with E-state index in [4.69, 9.17) is 95.8 Å². The molecule has 20 N–H and O–H groups in total. The summed E-state index contributed by atoms with van der Waals surface area (Å²) in [4.78, 5) is 131. The van der Waals surface area contributed by atoms with E-state index in [0.29, 0.717) is 19.8 Å². The van der Waals surface area contributed by atoms with Gasteiger partial charge in [-0.1, -0.05) is 0 Å². The van der Waals surface area contributed by atoms with Gasteiger partial charge in [0.15, 0.2) is 58.9 Å². The first-order chi connectivity index (χ1) is 45.1. The van der Waals surface area contributed by atoms with Crippen molar-refractivity contribution in [1.29, 1.82) is 0 Å². The molecule has 0 radical (unpaired) electrons. The van der Waals surface area contributed by atoms with Gasteiger partial charge in [0.05, 0.1) is 63.4 Å². The number of nitrogens with zero attached hydrogens (tertiary/aromatic N) is 8. The molecule has 6 aromatic heterocycles. The minimum absolute atomic E-state index is 0.0159. The SMILES string of the molecule is Nc1nc2c(c(=O)[nH]1)N[C@H]1C([S-])=C([S-])[C@@H](COP(=O)([O-])OP(=O)([O-])OC[C@H]3O[C@@H](n4cnc5c(=O)[nH]c(N)nc54)[C@H](O)[C@@H]3O)O[C@H]1N2.Nc1nc2c(c(=O)[nH]1)N[C@H]1C([S-])=C([S-])[C@@H](COP(=O)([O-])OP(=O)([O-])OC[C@H]3O[C@@H](n4cnc5c(=O)[nH]c(N)nc54)[C@H](O)[C@@H]3O)O[C@H]1N2.[O]=[W]. The number of aliphatic hydroxyl groups excluding tert-OH is 4. The third-order valence-corrected chi connectivity index (χ3v) is 21.2. The predicted octanol–water partition coefficient (Wildman–Crippen LogP) is -8.30. The number of nitrogens with one attached hydrogen (secondary N) is 8. The molecule has 12 rings (SSSR count). The fourth-order valence-corrected chi connectivity index (χ4v) is 14.9. The Hall–Kier alpha value is -6.09. The molecule has 6 aliphatic heterocycles. The zero-order valence-corrected chi connectivity index (χ0v) is 56.7. The number of aromatic nitrogens is 12. The summed E-state index contributed by atoms with van der Waals surface area (Å²) in [6, 6.07) is -1.68. The van der Waals surface area contributed by atoms with Crippen molar-refractivity contribution in [2.24, 2.45) is 0 Å². The monoisotopic (exact) mass is 1670 g/mol. The molecule has 0 aliphatic carbocycles. The molecule has 47 nitrogen and oxygen atoms in total. The Labute approximate surface area is 564 Å². The average Bonchev–Trinajstić information content (AvgIpc) is 1.30. The van der Waals surface area contributed by atoms with E-state index in [2.05, 4.69) is 97.8 Å². The molecule has 6 aliphatic rings. The number of ether oxygens (including phenoxy) is 4. The number of aliphatic hydroxyl groups is 4. The Kier molecular flexibility index (Phi) is 21.4. The number of H-pyrrole nitrogens is 4. The van der Waals surface area contributed by atoms with E-state index in [-0.39, 0.29) is 88.8 Å². The Morgan fingerprint density at radius 1 is 0.490 bits per heavy atom. The molecule has 0 bridgehead atoms. The first kappa shape index (κ1) is 72.6. The van der Waals surface area contributed by atoms with Crippen LogP contribution in [0.1, 0.15) is 12.5 Å². The van der Waals surface area contributed by atoms with Crippen LogP contribution in [0.2, 0.25) is 0 Å². The van der Waals surface area contributed by atoms with Crippen molar-refractivity contribution < 1.29 is 127 Å². The van der Waals surface area contributed by atoms with E-state index in [1.54, 1.807) is 0 Å². The fraction of sp³-hybridized carbons (Fsp3) is 0.450. The number of nitrogens with two attached hydrogens (primary N) is 4. The third-order valence-electron chi connectivity index (χ3n) is 14.0. The molecule has 0 spiro atoms. The predicted molar refractivity (Wildman–Crippen MR) is 316 cm³/mol. The Morgan fingerprint density at radius 3 is 1.17 bits per heavy atom. The molecule has 524 valence electrons. The first-order valence-electron chi connectivity index (χ1n) is 26.3. The van der Waals surface area contributed by atoms with Gasteiger partial charge in [-0.2, -0.15) is 39.6 Å². The second kappa shape index (κ2) is 28.3. The number of aromatic amines is 4. The van der Waals surface area contributed by atoms with Gasteiger partial charge in [0.1, 0.15) is 48.0 Å². The molecular weight excluding hydrogens is 1630 g/mol. The normalized spacial score (nSPS) is 29.2. The van der Waals surface area contributed by atoms with Crippen LogP contribution in [0.5, 0.6) is 0 Å². The topological polar surface area (TPSA) is 722 Å².